The van der Waals surface area contributed by atoms with Gasteiger partial charge in [0.15, 0.2) is 11.5 Å². The first kappa shape index (κ1) is 20.9. The average molecular weight is 405 g/mol. The van der Waals surface area contributed by atoms with E-state index in [4.69, 9.17) is 14.2 Å². The summed E-state index contributed by atoms with van der Waals surface area (Å²) in [5, 5.41) is 4.98. The lowest BCUT2D eigenvalue weighted by molar-refractivity contribution is -0.112. The molecule has 6 nitrogen and oxygen atoms in total. The lowest BCUT2D eigenvalue weighted by Crippen LogP contribution is -2.16. The standard InChI is InChI=1S/C24H23NO5/c1-15(11-16-9-10-17-7-5-6-8-18(17)12-16)23(26)25-20-14-22(29-3)21(28-2)13-19(20)24(27)30-4/h5-14H,1-4H3,(H,25,26)/b15-11+. The minimum absolute atomic E-state index is 0.169. The number of ether oxygens (including phenoxy) is 3. The zero-order valence-corrected chi connectivity index (χ0v) is 17.3. The molecule has 1 N–H and O–H groups in total. The molecular formula is C24H23NO5. The predicted molar refractivity (Wildman–Crippen MR) is 117 cm³/mol. The van der Waals surface area contributed by atoms with Gasteiger partial charge in [0.1, 0.15) is 0 Å². The number of methoxy groups -OCH3 is 3. The van der Waals surface area contributed by atoms with Gasteiger partial charge in [0.2, 0.25) is 0 Å². The van der Waals surface area contributed by atoms with Crippen molar-refractivity contribution in [3.05, 3.63) is 71.3 Å². The fourth-order valence-corrected chi connectivity index (χ4v) is 3.10. The molecule has 0 aromatic heterocycles. The maximum absolute atomic E-state index is 12.8. The van der Waals surface area contributed by atoms with Crippen LogP contribution in [-0.4, -0.2) is 33.2 Å². The van der Waals surface area contributed by atoms with Crippen molar-refractivity contribution in [2.75, 3.05) is 26.6 Å². The van der Waals surface area contributed by atoms with Crippen LogP contribution < -0.4 is 14.8 Å². The van der Waals surface area contributed by atoms with Gasteiger partial charge in [-0.2, -0.15) is 0 Å². The van der Waals surface area contributed by atoms with E-state index in [1.165, 1.54) is 33.5 Å². The molecule has 0 heterocycles. The Hall–Kier alpha value is -3.80. The maximum Gasteiger partial charge on any atom is 0.340 e. The van der Waals surface area contributed by atoms with Crippen molar-refractivity contribution in [2.45, 2.75) is 6.92 Å². The lowest BCUT2D eigenvalue weighted by Gasteiger charge is -2.15. The van der Waals surface area contributed by atoms with E-state index in [0.717, 1.165) is 16.3 Å². The molecule has 0 unspecified atom stereocenters. The van der Waals surface area contributed by atoms with Gasteiger partial charge in [-0.3, -0.25) is 4.79 Å². The van der Waals surface area contributed by atoms with Crippen LogP contribution in [0.2, 0.25) is 0 Å². The molecule has 0 saturated heterocycles. The smallest absolute Gasteiger partial charge is 0.340 e. The van der Waals surface area contributed by atoms with Gasteiger partial charge < -0.3 is 19.5 Å². The fraction of sp³-hybridized carbons (Fsp3) is 0.167. The van der Waals surface area contributed by atoms with E-state index in [9.17, 15) is 9.59 Å². The highest BCUT2D eigenvalue weighted by Crippen LogP contribution is 2.34. The number of amides is 1. The number of benzene rings is 3. The van der Waals surface area contributed by atoms with Gasteiger partial charge in [-0.25, -0.2) is 4.79 Å². The molecule has 0 saturated carbocycles. The Balaban J connectivity index is 1.91. The van der Waals surface area contributed by atoms with E-state index < -0.39 is 5.97 Å². The van der Waals surface area contributed by atoms with E-state index in [-0.39, 0.29) is 17.2 Å². The second-order valence-electron chi connectivity index (χ2n) is 6.63. The SMILES string of the molecule is COC(=O)c1cc(OC)c(OC)cc1NC(=O)/C(C)=C/c1ccc2ccccc2c1. The van der Waals surface area contributed by atoms with Gasteiger partial charge in [0, 0.05) is 17.7 Å². The largest absolute Gasteiger partial charge is 0.493 e. The molecule has 6 heteroatoms. The summed E-state index contributed by atoms with van der Waals surface area (Å²) in [6.45, 7) is 1.71. The molecule has 1 amide bonds. The lowest BCUT2D eigenvalue weighted by atomic mass is 10.0. The zero-order valence-electron chi connectivity index (χ0n) is 17.3. The summed E-state index contributed by atoms with van der Waals surface area (Å²) in [5.74, 6) is -0.195. The van der Waals surface area contributed by atoms with Gasteiger partial charge in [-0.05, 0) is 35.4 Å². The minimum Gasteiger partial charge on any atom is -0.493 e. The topological polar surface area (TPSA) is 73.9 Å². The Kier molecular flexibility index (Phi) is 6.37. The number of nitrogens with one attached hydrogen (secondary N) is 1. The van der Waals surface area contributed by atoms with Crippen molar-refractivity contribution in [2.24, 2.45) is 0 Å². The first-order valence-corrected chi connectivity index (χ1v) is 9.29. The van der Waals surface area contributed by atoms with Crippen LogP contribution in [0.5, 0.6) is 11.5 Å². The van der Waals surface area contributed by atoms with E-state index in [0.29, 0.717) is 17.1 Å². The minimum atomic E-state index is -0.595. The van der Waals surface area contributed by atoms with Crippen molar-refractivity contribution in [1.82, 2.24) is 0 Å². The Morgan fingerprint density at radius 2 is 1.53 bits per heavy atom. The summed E-state index contributed by atoms with van der Waals surface area (Å²) < 4.78 is 15.3. The van der Waals surface area contributed by atoms with Gasteiger partial charge in [0.05, 0.1) is 32.6 Å². The van der Waals surface area contributed by atoms with Gasteiger partial charge in [-0.1, -0.05) is 36.4 Å². The molecule has 0 radical (unpaired) electrons. The monoisotopic (exact) mass is 405 g/mol. The number of fused-ring (bicyclic) bond motifs is 1. The molecular weight excluding hydrogens is 382 g/mol. The third-order valence-electron chi connectivity index (χ3n) is 4.69. The number of carbonyl (C=O) groups excluding carboxylic acids is 2. The van der Waals surface area contributed by atoms with Crippen LogP contribution in [0.15, 0.2) is 60.2 Å². The highest BCUT2D eigenvalue weighted by molar-refractivity contribution is 6.10. The molecule has 3 aromatic carbocycles. The molecule has 30 heavy (non-hydrogen) atoms. The summed E-state index contributed by atoms with van der Waals surface area (Å²) in [6.07, 6.45) is 1.79. The Labute approximate surface area is 175 Å². The van der Waals surface area contributed by atoms with Crippen LogP contribution in [0.3, 0.4) is 0 Å². The van der Waals surface area contributed by atoms with Crippen molar-refractivity contribution in [3.8, 4) is 11.5 Å². The molecule has 3 rings (SSSR count). The van der Waals surface area contributed by atoms with Crippen molar-refractivity contribution < 1.29 is 23.8 Å². The Bertz CT molecular complexity index is 1130. The summed E-state index contributed by atoms with van der Waals surface area (Å²) in [5.41, 5.74) is 1.83. The van der Waals surface area contributed by atoms with E-state index in [2.05, 4.69) is 5.32 Å². The molecule has 3 aromatic rings. The fourth-order valence-electron chi connectivity index (χ4n) is 3.10. The summed E-state index contributed by atoms with van der Waals surface area (Å²) >= 11 is 0. The molecule has 0 atom stereocenters. The first-order chi connectivity index (χ1) is 14.5. The number of anilines is 1. The van der Waals surface area contributed by atoms with Crippen LogP contribution in [0.1, 0.15) is 22.8 Å². The van der Waals surface area contributed by atoms with Crippen LogP contribution in [0.4, 0.5) is 5.69 Å². The van der Waals surface area contributed by atoms with E-state index in [1.54, 1.807) is 13.0 Å². The van der Waals surface area contributed by atoms with Gasteiger partial charge >= 0.3 is 5.97 Å². The molecule has 0 aliphatic rings. The summed E-state index contributed by atoms with van der Waals surface area (Å²) in [4.78, 5) is 25.0. The Morgan fingerprint density at radius 3 is 2.20 bits per heavy atom. The van der Waals surface area contributed by atoms with Crippen molar-refractivity contribution in [1.29, 1.82) is 0 Å². The molecule has 0 bridgehead atoms. The number of carbonyl (C=O) groups is 2. The number of hydrogen-bond acceptors (Lipinski definition) is 5. The van der Waals surface area contributed by atoms with Crippen LogP contribution in [0, 0.1) is 0 Å². The van der Waals surface area contributed by atoms with Crippen LogP contribution >= 0.6 is 0 Å². The van der Waals surface area contributed by atoms with E-state index >= 15 is 0 Å². The molecule has 0 spiro atoms. The highest BCUT2D eigenvalue weighted by atomic mass is 16.5. The quantitative estimate of drug-likeness (QED) is 0.476. The third-order valence-corrected chi connectivity index (χ3v) is 4.69. The van der Waals surface area contributed by atoms with Crippen LogP contribution in [-0.2, 0) is 9.53 Å². The second kappa shape index (κ2) is 9.13. The second-order valence-corrected chi connectivity index (χ2v) is 6.63. The summed E-state index contributed by atoms with van der Waals surface area (Å²) in [7, 11) is 4.22. The van der Waals surface area contributed by atoms with Gasteiger partial charge in [0.25, 0.3) is 5.91 Å². The normalized spacial score (nSPS) is 11.1. The molecule has 154 valence electrons. The van der Waals surface area contributed by atoms with Crippen molar-refractivity contribution >= 4 is 34.4 Å². The summed E-state index contributed by atoms with van der Waals surface area (Å²) in [6, 6.07) is 17.0. The number of rotatable bonds is 6. The van der Waals surface area contributed by atoms with Crippen LogP contribution in [0.25, 0.3) is 16.8 Å². The van der Waals surface area contributed by atoms with Crippen molar-refractivity contribution in [3.63, 3.8) is 0 Å². The first-order valence-electron chi connectivity index (χ1n) is 9.29. The van der Waals surface area contributed by atoms with Gasteiger partial charge in [-0.15, -0.1) is 0 Å². The molecule has 0 aliphatic heterocycles. The molecule has 0 aliphatic carbocycles. The Morgan fingerprint density at radius 1 is 0.867 bits per heavy atom. The zero-order chi connectivity index (χ0) is 21.7. The number of hydrogen-bond donors (Lipinski definition) is 1. The average Bonchev–Trinajstić information content (AvgIpc) is 2.77. The molecule has 0 fully saturated rings. The third kappa shape index (κ3) is 4.43. The number of esters is 1. The predicted octanol–water partition coefficient (Wildman–Crippen LogP) is 4.69. The van der Waals surface area contributed by atoms with E-state index in [1.807, 2.05) is 42.5 Å². The highest BCUT2D eigenvalue weighted by Gasteiger charge is 2.19. The maximum atomic E-state index is 12.8.